The standard InChI is InChI=1S/C16H32N4O3S/c1-24(22,23)20-13-7-15(8-14-20)18-16(21)17-9-6-12-19-10-4-2-3-5-11-19/h15H,2-14H2,1H3,(H2,17,18,21). The van der Waals surface area contributed by atoms with Gasteiger partial charge in [0.2, 0.25) is 10.0 Å². The summed E-state index contributed by atoms with van der Waals surface area (Å²) in [6.45, 7) is 5.07. The van der Waals surface area contributed by atoms with Gasteiger partial charge in [-0.3, -0.25) is 0 Å². The minimum Gasteiger partial charge on any atom is -0.338 e. The number of carbonyl (C=O) groups excluding carboxylic acids is 1. The number of amides is 2. The largest absolute Gasteiger partial charge is 0.338 e. The lowest BCUT2D eigenvalue weighted by molar-refractivity contribution is 0.226. The molecule has 0 spiro atoms. The van der Waals surface area contributed by atoms with Crippen LogP contribution in [0, 0.1) is 0 Å². The van der Waals surface area contributed by atoms with Crippen molar-refractivity contribution in [3.05, 3.63) is 0 Å². The Labute approximate surface area is 146 Å². The molecule has 7 nitrogen and oxygen atoms in total. The number of nitrogens with one attached hydrogen (secondary N) is 2. The first-order valence-electron chi connectivity index (χ1n) is 9.17. The Kier molecular flexibility index (Phi) is 7.77. The Balaban J connectivity index is 1.55. The Morgan fingerprint density at radius 1 is 1.04 bits per heavy atom. The molecule has 0 unspecified atom stereocenters. The van der Waals surface area contributed by atoms with Gasteiger partial charge in [-0.1, -0.05) is 12.8 Å². The van der Waals surface area contributed by atoms with Gasteiger partial charge < -0.3 is 15.5 Å². The van der Waals surface area contributed by atoms with E-state index in [1.807, 2.05) is 0 Å². The molecule has 2 N–H and O–H groups in total. The Morgan fingerprint density at radius 2 is 1.67 bits per heavy atom. The van der Waals surface area contributed by atoms with Crippen LogP contribution in [-0.4, -0.2) is 75.2 Å². The van der Waals surface area contributed by atoms with E-state index >= 15 is 0 Å². The van der Waals surface area contributed by atoms with Gasteiger partial charge in [0.1, 0.15) is 0 Å². The van der Waals surface area contributed by atoms with Crippen LogP contribution in [0.5, 0.6) is 0 Å². The third-order valence-electron chi connectivity index (χ3n) is 4.89. The van der Waals surface area contributed by atoms with Crippen LogP contribution >= 0.6 is 0 Å². The van der Waals surface area contributed by atoms with Crippen molar-refractivity contribution < 1.29 is 13.2 Å². The molecule has 8 heteroatoms. The number of nitrogens with zero attached hydrogens (tertiary/aromatic N) is 2. The van der Waals surface area contributed by atoms with Crippen LogP contribution in [0.25, 0.3) is 0 Å². The first kappa shape index (κ1) is 19.5. The fourth-order valence-electron chi connectivity index (χ4n) is 3.43. The minimum atomic E-state index is -3.11. The van der Waals surface area contributed by atoms with Crippen molar-refractivity contribution in [1.29, 1.82) is 0 Å². The summed E-state index contributed by atoms with van der Waals surface area (Å²) in [6.07, 6.45) is 8.82. The number of hydrogen-bond donors (Lipinski definition) is 2. The Morgan fingerprint density at radius 3 is 2.25 bits per heavy atom. The lowest BCUT2D eigenvalue weighted by Gasteiger charge is -2.30. The maximum absolute atomic E-state index is 11.9. The van der Waals surface area contributed by atoms with Gasteiger partial charge in [0.15, 0.2) is 0 Å². The Hall–Kier alpha value is -0.860. The molecule has 0 aromatic rings. The summed E-state index contributed by atoms with van der Waals surface area (Å²) in [5.74, 6) is 0. The lowest BCUT2D eigenvalue weighted by atomic mass is 10.1. The Bertz CT molecular complexity index is 482. The molecule has 2 aliphatic rings. The molecule has 0 saturated carbocycles. The van der Waals surface area contributed by atoms with Crippen molar-refractivity contribution in [1.82, 2.24) is 19.8 Å². The molecule has 0 aromatic carbocycles. The van der Waals surface area contributed by atoms with Gasteiger partial charge in [-0.25, -0.2) is 17.5 Å². The average molecular weight is 361 g/mol. The maximum Gasteiger partial charge on any atom is 0.315 e. The van der Waals surface area contributed by atoms with E-state index in [9.17, 15) is 13.2 Å². The van der Waals surface area contributed by atoms with Crippen LogP contribution in [0.15, 0.2) is 0 Å². The second kappa shape index (κ2) is 9.58. The molecule has 2 amide bonds. The molecule has 140 valence electrons. The van der Waals surface area contributed by atoms with E-state index in [0.29, 0.717) is 32.5 Å². The number of piperidine rings is 1. The lowest BCUT2D eigenvalue weighted by Crippen LogP contribution is -2.49. The van der Waals surface area contributed by atoms with Crippen LogP contribution in [0.4, 0.5) is 4.79 Å². The van der Waals surface area contributed by atoms with Crippen molar-refractivity contribution in [2.75, 3.05) is 45.5 Å². The fourth-order valence-corrected chi connectivity index (χ4v) is 4.31. The first-order valence-corrected chi connectivity index (χ1v) is 11.0. The average Bonchev–Trinajstić information content (AvgIpc) is 2.80. The zero-order valence-electron chi connectivity index (χ0n) is 14.8. The molecule has 0 atom stereocenters. The van der Waals surface area contributed by atoms with Crippen molar-refractivity contribution in [2.45, 2.75) is 51.0 Å². The van der Waals surface area contributed by atoms with Crippen LogP contribution in [0.2, 0.25) is 0 Å². The highest BCUT2D eigenvalue weighted by molar-refractivity contribution is 7.88. The molecule has 2 rings (SSSR count). The SMILES string of the molecule is CS(=O)(=O)N1CCC(NC(=O)NCCCN2CCCCCC2)CC1. The summed E-state index contributed by atoms with van der Waals surface area (Å²) >= 11 is 0. The van der Waals surface area contributed by atoms with E-state index in [2.05, 4.69) is 15.5 Å². The number of rotatable bonds is 6. The van der Waals surface area contributed by atoms with E-state index in [1.165, 1.54) is 49.3 Å². The van der Waals surface area contributed by atoms with Crippen LogP contribution in [0.1, 0.15) is 44.9 Å². The zero-order chi connectivity index (χ0) is 17.4. The predicted octanol–water partition coefficient (Wildman–Crippen LogP) is 0.976. The molecular weight excluding hydrogens is 328 g/mol. The second-order valence-electron chi connectivity index (χ2n) is 6.95. The molecule has 2 fully saturated rings. The van der Waals surface area contributed by atoms with Crippen LogP contribution in [0.3, 0.4) is 0 Å². The molecule has 24 heavy (non-hydrogen) atoms. The van der Waals surface area contributed by atoms with Crippen molar-refractivity contribution in [2.24, 2.45) is 0 Å². The maximum atomic E-state index is 11.9. The van der Waals surface area contributed by atoms with Crippen molar-refractivity contribution >= 4 is 16.1 Å². The molecule has 2 aliphatic heterocycles. The van der Waals surface area contributed by atoms with Gasteiger partial charge in [-0.2, -0.15) is 0 Å². The van der Waals surface area contributed by atoms with E-state index in [1.54, 1.807) is 0 Å². The molecule has 0 radical (unpaired) electrons. The topological polar surface area (TPSA) is 81.8 Å². The van der Waals surface area contributed by atoms with Gasteiger partial charge in [0.05, 0.1) is 6.26 Å². The molecular formula is C16H32N4O3S. The van der Waals surface area contributed by atoms with Crippen molar-refractivity contribution in [3.8, 4) is 0 Å². The molecule has 2 heterocycles. The molecule has 2 saturated heterocycles. The summed E-state index contributed by atoms with van der Waals surface area (Å²) in [6, 6.07) is -0.0720. The van der Waals surface area contributed by atoms with Crippen LogP contribution in [-0.2, 0) is 10.0 Å². The summed E-state index contributed by atoms with van der Waals surface area (Å²) in [5, 5.41) is 5.87. The summed E-state index contributed by atoms with van der Waals surface area (Å²) in [7, 11) is -3.11. The normalized spacial score (nSPS) is 22.0. The summed E-state index contributed by atoms with van der Waals surface area (Å²) < 4.78 is 24.4. The first-order chi connectivity index (χ1) is 11.4. The van der Waals surface area contributed by atoms with Gasteiger partial charge in [-0.05, 0) is 51.7 Å². The molecule has 0 aliphatic carbocycles. The van der Waals surface area contributed by atoms with E-state index in [0.717, 1.165) is 13.0 Å². The number of carbonyl (C=O) groups is 1. The predicted molar refractivity (Wildman–Crippen MR) is 95.5 cm³/mol. The van der Waals surface area contributed by atoms with Crippen LogP contribution < -0.4 is 10.6 Å². The number of urea groups is 1. The fraction of sp³-hybridized carbons (Fsp3) is 0.938. The van der Waals surface area contributed by atoms with E-state index < -0.39 is 10.0 Å². The van der Waals surface area contributed by atoms with E-state index in [-0.39, 0.29) is 12.1 Å². The second-order valence-corrected chi connectivity index (χ2v) is 8.93. The summed E-state index contributed by atoms with van der Waals surface area (Å²) in [4.78, 5) is 14.4. The number of hydrogen-bond acceptors (Lipinski definition) is 4. The quantitative estimate of drug-likeness (QED) is 0.692. The van der Waals surface area contributed by atoms with Gasteiger partial charge in [0.25, 0.3) is 0 Å². The smallest absolute Gasteiger partial charge is 0.315 e. The summed E-state index contributed by atoms with van der Waals surface area (Å²) in [5.41, 5.74) is 0. The number of sulfonamides is 1. The minimum absolute atomic E-state index is 0.0635. The highest BCUT2D eigenvalue weighted by Crippen LogP contribution is 2.13. The highest BCUT2D eigenvalue weighted by atomic mass is 32.2. The van der Waals surface area contributed by atoms with Gasteiger partial charge in [0, 0.05) is 25.7 Å². The van der Waals surface area contributed by atoms with E-state index in [4.69, 9.17) is 0 Å². The zero-order valence-corrected chi connectivity index (χ0v) is 15.6. The monoisotopic (exact) mass is 360 g/mol. The van der Waals surface area contributed by atoms with Crippen molar-refractivity contribution in [3.63, 3.8) is 0 Å². The van der Waals surface area contributed by atoms with Gasteiger partial charge >= 0.3 is 6.03 Å². The van der Waals surface area contributed by atoms with Gasteiger partial charge in [-0.15, -0.1) is 0 Å². The number of likely N-dealkylation sites (tertiary alicyclic amines) is 1. The third kappa shape index (κ3) is 6.94. The third-order valence-corrected chi connectivity index (χ3v) is 6.20. The molecule has 0 bridgehead atoms. The molecule has 0 aromatic heterocycles. The highest BCUT2D eigenvalue weighted by Gasteiger charge is 2.25.